The first-order valence-corrected chi connectivity index (χ1v) is 8.97. The van der Waals surface area contributed by atoms with Gasteiger partial charge in [0.2, 0.25) is 10.0 Å². The first kappa shape index (κ1) is 15.2. The molecule has 0 aromatic heterocycles. The minimum atomic E-state index is -3.50. The van der Waals surface area contributed by atoms with Crippen molar-refractivity contribution in [2.75, 3.05) is 26.2 Å². The molecule has 1 aliphatic heterocycles. The maximum Gasteiger partial charge on any atom is 0.243 e. The smallest absolute Gasteiger partial charge is 0.243 e. The Morgan fingerprint density at radius 1 is 1.19 bits per heavy atom. The Morgan fingerprint density at radius 3 is 2.43 bits per heavy atom. The Kier molecular flexibility index (Phi) is 4.25. The van der Waals surface area contributed by atoms with Gasteiger partial charge in [0.1, 0.15) is 0 Å². The molecule has 116 valence electrons. The van der Waals surface area contributed by atoms with Gasteiger partial charge in [0.25, 0.3) is 0 Å². The van der Waals surface area contributed by atoms with E-state index in [-0.39, 0.29) is 11.5 Å². The van der Waals surface area contributed by atoms with E-state index in [0.717, 1.165) is 13.1 Å². The third-order valence-corrected chi connectivity index (χ3v) is 6.43. The van der Waals surface area contributed by atoms with Crippen LogP contribution in [0.5, 0.6) is 0 Å². The molecule has 1 saturated carbocycles. The molecule has 1 saturated heterocycles. The summed E-state index contributed by atoms with van der Waals surface area (Å²) < 4.78 is 26.8. The van der Waals surface area contributed by atoms with Crippen molar-refractivity contribution in [3.05, 3.63) is 28.8 Å². The summed E-state index contributed by atoms with van der Waals surface area (Å²) in [5, 5.41) is 9.61. The van der Waals surface area contributed by atoms with Crippen LogP contribution in [0.25, 0.3) is 0 Å². The number of halogens is 1. The second-order valence-electron chi connectivity index (χ2n) is 5.58. The topological polar surface area (TPSA) is 60.9 Å². The summed E-state index contributed by atoms with van der Waals surface area (Å²) in [6.45, 7) is 2.37. The van der Waals surface area contributed by atoms with Crippen LogP contribution in [0.1, 0.15) is 18.4 Å². The highest BCUT2D eigenvalue weighted by atomic mass is 35.5. The molecule has 1 aromatic rings. The Balaban J connectivity index is 1.77. The van der Waals surface area contributed by atoms with E-state index >= 15 is 0 Å². The molecule has 0 unspecified atom stereocenters. The summed E-state index contributed by atoms with van der Waals surface area (Å²) in [6, 6.07) is 5.17. The van der Waals surface area contributed by atoms with Crippen LogP contribution in [0.15, 0.2) is 23.1 Å². The molecule has 1 aromatic carbocycles. The Bertz CT molecular complexity index is 623. The number of piperazine rings is 1. The highest BCUT2D eigenvalue weighted by Gasteiger charge is 2.34. The van der Waals surface area contributed by atoms with Crippen LogP contribution < -0.4 is 0 Å². The van der Waals surface area contributed by atoms with E-state index in [4.69, 9.17) is 11.6 Å². The number of aliphatic hydroxyl groups excluding tert-OH is 1. The fourth-order valence-electron chi connectivity index (χ4n) is 2.73. The third kappa shape index (κ3) is 3.10. The van der Waals surface area contributed by atoms with Crippen LogP contribution in [0.2, 0.25) is 5.02 Å². The van der Waals surface area contributed by atoms with Gasteiger partial charge in [-0.3, -0.25) is 4.90 Å². The molecule has 0 spiro atoms. The largest absolute Gasteiger partial charge is 0.392 e. The molecule has 1 aliphatic carbocycles. The predicted molar refractivity (Wildman–Crippen MR) is 80.7 cm³/mol. The molecule has 2 fully saturated rings. The van der Waals surface area contributed by atoms with E-state index in [0.29, 0.717) is 29.7 Å². The molecule has 1 heterocycles. The molecule has 0 bridgehead atoms. The van der Waals surface area contributed by atoms with Crippen LogP contribution in [-0.2, 0) is 16.6 Å². The SMILES string of the molecule is O=S(=O)(c1ccc(Cl)c(CO)c1)N1CCN(C2CC2)CC1. The Hall–Kier alpha value is -0.660. The van der Waals surface area contributed by atoms with Gasteiger partial charge in [-0.2, -0.15) is 4.31 Å². The van der Waals surface area contributed by atoms with Gasteiger partial charge in [0.15, 0.2) is 0 Å². The summed E-state index contributed by atoms with van der Waals surface area (Å²) >= 11 is 5.92. The first-order chi connectivity index (χ1) is 10.0. The second-order valence-corrected chi connectivity index (χ2v) is 7.93. The molecule has 3 rings (SSSR count). The van der Waals surface area contributed by atoms with Crippen LogP contribution in [-0.4, -0.2) is 55.0 Å². The van der Waals surface area contributed by atoms with Crippen LogP contribution in [0.3, 0.4) is 0 Å². The lowest BCUT2D eigenvalue weighted by Crippen LogP contribution is -2.49. The highest BCUT2D eigenvalue weighted by Crippen LogP contribution is 2.29. The van der Waals surface area contributed by atoms with Crippen LogP contribution in [0, 0.1) is 0 Å². The minimum absolute atomic E-state index is 0.204. The number of rotatable bonds is 4. The first-order valence-electron chi connectivity index (χ1n) is 7.16. The lowest BCUT2D eigenvalue weighted by Gasteiger charge is -2.34. The molecule has 7 heteroatoms. The number of aliphatic hydroxyl groups is 1. The lowest BCUT2D eigenvalue weighted by molar-refractivity contribution is 0.180. The van der Waals surface area contributed by atoms with Crippen LogP contribution in [0.4, 0.5) is 0 Å². The number of sulfonamides is 1. The summed E-state index contributed by atoms with van der Waals surface area (Å²) in [5.74, 6) is 0. The van der Waals surface area contributed by atoms with Crippen molar-refractivity contribution >= 4 is 21.6 Å². The summed E-state index contributed by atoms with van der Waals surface area (Å²) in [7, 11) is -3.50. The standard InChI is InChI=1S/C14H19ClN2O3S/c15-14-4-3-13(9-11(14)10-18)21(19,20)17-7-5-16(6-8-17)12-1-2-12/h3-4,9,12,18H,1-2,5-8,10H2. The van der Waals surface area contributed by atoms with Crippen molar-refractivity contribution in [1.29, 1.82) is 0 Å². The van der Waals surface area contributed by atoms with Gasteiger partial charge in [-0.25, -0.2) is 8.42 Å². The second kappa shape index (κ2) is 5.85. The van der Waals surface area contributed by atoms with E-state index < -0.39 is 10.0 Å². The lowest BCUT2D eigenvalue weighted by atomic mass is 10.2. The molecule has 2 aliphatic rings. The van der Waals surface area contributed by atoms with E-state index in [9.17, 15) is 13.5 Å². The zero-order valence-corrected chi connectivity index (χ0v) is 13.3. The van der Waals surface area contributed by atoms with Gasteiger partial charge in [-0.15, -0.1) is 0 Å². The quantitative estimate of drug-likeness (QED) is 0.904. The molecule has 21 heavy (non-hydrogen) atoms. The van der Waals surface area contributed by atoms with Crippen LogP contribution >= 0.6 is 11.6 Å². The van der Waals surface area contributed by atoms with Gasteiger partial charge < -0.3 is 5.11 Å². The normalized spacial score (nSPS) is 21.6. The maximum absolute atomic E-state index is 12.6. The fourth-order valence-corrected chi connectivity index (χ4v) is 4.38. The zero-order valence-electron chi connectivity index (χ0n) is 11.7. The molecular formula is C14H19ClN2O3S. The summed E-state index contributed by atoms with van der Waals surface area (Å²) in [4.78, 5) is 2.57. The Labute approximate surface area is 130 Å². The number of nitrogens with zero attached hydrogens (tertiary/aromatic N) is 2. The van der Waals surface area contributed by atoms with Crippen molar-refractivity contribution in [1.82, 2.24) is 9.21 Å². The molecular weight excluding hydrogens is 312 g/mol. The van der Waals surface area contributed by atoms with Crippen molar-refractivity contribution in [3.8, 4) is 0 Å². The minimum Gasteiger partial charge on any atom is -0.392 e. The molecule has 0 atom stereocenters. The van der Waals surface area contributed by atoms with Crippen molar-refractivity contribution in [3.63, 3.8) is 0 Å². The number of hydrogen-bond donors (Lipinski definition) is 1. The molecule has 1 N–H and O–H groups in total. The third-order valence-electron chi connectivity index (χ3n) is 4.16. The summed E-state index contributed by atoms with van der Waals surface area (Å²) in [5.41, 5.74) is 0.439. The van der Waals surface area contributed by atoms with E-state index in [1.54, 1.807) is 0 Å². The summed E-state index contributed by atoms with van der Waals surface area (Å²) in [6.07, 6.45) is 2.48. The van der Waals surface area contributed by atoms with Crippen molar-refractivity contribution < 1.29 is 13.5 Å². The van der Waals surface area contributed by atoms with Gasteiger partial charge >= 0.3 is 0 Å². The highest BCUT2D eigenvalue weighted by molar-refractivity contribution is 7.89. The average Bonchev–Trinajstić information content (AvgIpc) is 3.32. The molecule has 0 amide bonds. The molecule has 0 radical (unpaired) electrons. The maximum atomic E-state index is 12.6. The van der Waals surface area contributed by atoms with E-state index in [2.05, 4.69) is 4.90 Å². The van der Waals surface area contributed by atoms with Gasteiger partial charge in [-0.05, 0) is 36.6 Å². The van der Waals surface area contributed by atoms with Gasteiger partial charge in [0, 0.05) is 37.2 Å². The zero-order chi connectivity index (χ0) is 15.0. The van der Waals surface area contributed by atoms with E-state index in [1.165, 1.54) is 35.3 Å². The Morgan fingerprint density at radius 2 is 1.86 bits per heavy atom. The van der Waals surface area contributed by atoms with Crippen molar-refractivity contribution in [2.45, 2.75) is 30.4 Å². The monoisotopic (exact) mass is 330 g/mol. The van der Waals surface area contributed by atoms with Crippen molar-refractivity contribution in [2.24, 2.45) is 0 Å². The van der Waals surface area contributed by atoms with E-state index in [1.807, 2.05) is 0 Å². The van der Waals surface area contributed by atoms with Gasteiger partial charge in [0.05, 0.1) is 11.5 Å². The fraction of sp³-hybridized carbons (Fsp3) is 0.571. The molecule has 5 nitrogen and oxygen atoms in total. The predicted octanol–water partition coefficient (Wildman–Crippen LogP) is 1.30. The number of hydrogen-bond acceptors (Lipinski definition) is 4. The number of benzene rings is 1. The van der Waals surface area contributed by atoms with Gasteiger partial charge in [-0.1, -0.05) is 11.6 Å². The average molecular weight is 331 g/mol.